The van der Waals surface area contributed by atoms with Crippen LogP contribution in [0.1, 0.15) is 44.4 Å². The molecule has 3 aliphatic rings. The van der Waals surface area contributed by atoms with Crippen molar-refractivity contribution in [2.75, 3.05) is 31.2 Å². The van der Waals surface area contributed by atoms with Crippen LogP contribution in [0.15, 0.2) is 0 Å². The van der Waals surface area contributed by atoms with Crippen molar-refractivity contribution in [2.24, 2.45) is 11.8 Å². The Morgan fingerprint density at radius 1 is 1.23 bits per heavy atom. The Hall–Kier alpha value is -2.14. The molecule has 2 atom stereocenters. The second-order valence-electron chi connectivity index (χ2n) is 9.22. The molecule has 5 rings (SSSR count). The number of alkyl halides is 3. The predicted octanol–water partition coefficient (Wildman–Crippen LogP) is 3.25. The van der Waals surface area contributed by atoms with Crippen LogP contribution >= 0.6 is 0 Å². The van der Waals surface area contributed by atoms with E-state index in [0.717, 1.165) is 17.7 Å². The smallest absolute Gasteiger partial charge is 0.381 e. The standard InChI is InChI=1S/C20H27F3N6O2/c1-19(2)16-14(11-31-19)15(24-25-16)17-26-27-18(29(17)8-12-5-7-30-10-12)28-6-3-4-13(9-28)20(21,22)23/h12-13H,3-11H2,1-2H3,(H,24,25)/t12?,13-/m0/s1. The van der Waals surface area contributed by atoms with Crippen LogP contribution in [0.2, 0.25) is 0 Å². The van der Waals surface area contributed by atoms with Gasteiger partial charge in [0.25, 0.3) is 0 Å². The van der Waals surface area contributed by atoms with Crippen molar-refractivity contribution in [3.05, 3.63) is 11.3 Å². The van der Waals surface area contributed by atoms with E-state index in [4.69, 9.17) is 9.47 Å². The molecule has 0 radical (unpaired) electrons. The second-order valence-corrected chi connectivity index (χ2v) is 9.22. The van der Waals surface area contributed by atoms with Crippen molar-refractivity contribution in [3.8, 4) is 11.5 Å². The molecule has 0 bridgehead atoms. The van der Waals surface area contributed by atoms with Crippen molar-refractivity contribution >= 4 is 5.95 Å². The molecule has 0 amide bonds. The van der Waals surface area contributed by atoms with E-state index >= 15 is 0 Å². The fraction of sp³-hybridized carbons (Fsp3) is 0.750. The van der Waals surface area contributed by atoms with Crippen molar-refractivity contribution in [1.29, 1.82) is 0 Å². The summed E-state index contributed by atoms with van der Waals surface area (Å²) in [5.74, 6) is -0.0505. The van der Waals surface area contributed by atoms with E-state index in [2.05, 4.69) is 20.4 Å². The lowest BCUT2D eigenvalue weighted by Crippen LogP contribution is -2.43. The van der Waals surface area contributed by atoms with Gasteiger partial charge in [-0.15, -0.1) is 10.2 Å². The maximum Gasteiger partial charge on any atom is 0.393 e. The monoisotopic (exact) mass is 440 g/mol. The van der Waals surface area contributed by atoms with E-state index in [1.807, 2.05) is 18.4 Å². The minimum atomic E-state index is -4.21. The van der Waals surface area contributed by atoms with Crippen LogP contribution < -0.4 is 4.90 Å². The average molecular weight is 440 g/mol. The van der Waals surface area contributed by atoms with E-state index in [-0.39, 0.29) is 18.9 Å². The molecule has 0 spiro atoms. The number of H-pyrrole nitrogens is 1. The third-order valence-corrected chi connectivity index (χ3v) is 6.62. The number of rotatable bonds is 4. The number of fused-ring (bicyclic) bond motifs is 1. The number of hydrogen-bond acceptors (Lipinski definition) is 6. The topological polar surface area (TPSA) is 81.1 Å². The molecule has 1 unspecified atom stereocenters. The van der Waals surface area contributed by atoms with Crippen LogP contribution in [0, 0.1) is 11.8 Å². The highest BCUT2D eigenvalue weighted by atomic mass is 19.4. The molecule has 2 aromatic rings. The fourth-order valence-electron chi connectivity index (χ4n) is 4.80. The average Bonchev–Trinajstić information content (AvgIpc) is 3.49. The first-order valence-electron chi connectivity index (χ1n) is 10.8. The van der Waals surface area contributed by atoms with Gasteiger partial charge in [-0.1, -0.05) is 0 Å². The molecule has 8 nitrogen and oxygen atoms in total. The molecule has 0 saturated carbocycles. The Kier molecular flexibility index (Phi) is 5.00. The zero-order chi connectivity index (χ0) is 21.8. The third kappa shape index (κ3) is 3.71. The van der Waals surface area contributed by atoms with Gasteiger partial charge in [-0.3, -0.25) is 9.67 Å². The van der Waals surface area contributed by atoms with Gasteiger partial charge in [0, 0.05) is 37.7 Å². The molecule has 31 heavy (non-hydrogen) atoms. The minimum Gasteiger partial charge on any atom is -0.381 e. The van der Waals surface area contributed by atoms with Crippen LogP contribution in [0.3, 0.4) is 0 Å². The zero-order valence-electron chi connectivity index (χ0n) is 17.7. The van der Waals surface area contributed by atoms with Gasteiger partial charge in [-0.2, -0.15) is 18.3 Å². The second kappa shape index (κ2) is 7.47. The molecule has 3 aliphatic heterocycles. The Labute approximate surface area is 178 Å². The van der Waals surface area contributed by atoms with Gasteiger partial charge in [0.15, 0.2) is 5.82 Å². The molecule has 2 aromatic heterocycles. The van der Waals surface area contributed by atoms with E-state index < -0.39 is 17.7 Å². The fourth-order valence-corrected chi connectivity index (χ4v) is 4.80. The molecular formula is C20H27F3N6O2. The van der Waals surface area contributed by atoms with Crippen LogP contribution in [0.4, 0.5) is 19.1 Å². The summed E-state index contributed by atoms with van der Waals surface area (Å²) in [6, 6.07) is 0. The van der Waals surface area contributed by atoms with Crippen LogP contribution in [0.25, 0.3) is 11.5 Å². The van der Waals surface area contributed by atoms with Crippen molar-refractivity contribution < 1.29 is 22.6 Å². The molecule has 2 saturated heterocycles. The lowest BCUT2D eigenvalue weighted by molar-refractivity contribution is -0.176. The Balaban J connectivity index is 1.52. The lowest BCUT2D eigenvalue weighted by atomic mass is 9.98. The van der Waals surface area contributed by atoms with Gasteiger partial charge in [-0.25, -0.2) is 0 Å². The summed E-state index contributed by atoms with van der Waals surface area (Å²) in [6.45, 7) is 6.67. The number of nitrogens with one attached hydrogen (secondary N) is 1. The van der Waals surface area contributed by atoms with Crippen LogP contribution in [-0.4, -0.2) is 57.4 Å². The van der Waals surface area contributed by atoms with Crippen LogP contribution in [0.5, 0.6) is 0 Å². The molecular weight excluding hydrogens is 413 g/mol. The summed E-state index contributed by atoms with van der Waals surface area (Å²) in [6.07, 6.45) is -2.69. The first-order chi connectivity index (χ1) is 14.7. The Morgan fingerprint density at radius 2 is 2.06 bits per heavy atom. The Morgan fingerprint density at radius 3 is 2.81 bits per heavy atom. The number of hydrogen-bond donors (Lipinski definition) is 1. The minimum absolute atomic E-state index is 0.0996. The zero-order valence-corrected chi connectivity index (χ0v) is 17.7. The summed E-state index contributed by atoms with van der Waals surface area (Å²) in [7, 11) is 0. The first-order valence-corrected chi connectivity index (χ1v) is 10.8. The maximum atomic E-state index is 13.4. The summed E-state index contributed by atoms with van der Waals surface area (Å²) >= 11 is 0. The summed E-state index contributed by atoms with van der Waals surface area (Å²) < 4.78 is 53.5. The molecule has 0 aliphatic carbocycles. The normalized spacial score (nSPS) is 25.9. The quantitative estimate of drug-likeness (QED) is 0.786. The largest absolute Gasteiger partial charge is 0.393 e. The van der Waals surface area contributed by atoms with E-state index in [1.165, 1.54) is 0 Å². The number of aromatic nitrogens is 5. The number of aromatic amines is 1. The molecule has 0 aromatic carbocycles. The van der Waals surface area contributed by atoms with Gasteiger partial charge in [-0.05, 0) is 33.1 Å². The third-order valence-electron chi connectivity index (χ3n) is 6.62. The molecule has 2 fully saturated rings. The van der Waals surface area contributed by atoms with E-state index in [9.17, 15) is 13.2 Å². The SMILES string of the molecule is CC1(C)OCc2c(-c3nnc(N4CCC[C@H](C(F)(F)F)C4)n3CC3CCOC3)n[nH]c21. The highest BCUT2D eigenvalue weighted by molar-refractivity contribution is 5.60. The number of piperidine rings is 1. The van der Waals surface area contributed by atoms with E-state index in [0.29, 0.717) is 56.8 Å². The van der Waals surface area contributed by atoms with Gasteiger partial charge >= 0.3 is 6.18 Å². The van der Waals surface area contributed by atoms with E-state index in [1.54, 1.807) is 4.90 Å². The first kappa shape index (κ1) is 20.7. The highest BCUT2D eigenvalue weighted by Gasteiger charge is 2.43. The van der Waals surface area contributed by atoms with Crippen LogP contribution in [-0.2, 0) is 28.2 Å². The number of anilines is 1. The van der Waals surface area contributed by atoms with Gasteiger partial charge in [0.05, 0.1) is 24.8 Å². The van der Waals surface area contributed by atoms with Gasteiger partial charge < -0.3 is 14.4 Å². The molecule has 11 heteroatoms. The van der Waals surface area contributed by atoms with Crippen molar-refractivity contribution in [1.82, 2.24) is 25.0 Å². The lowest BCUT2D eigenvalue weighted by Gasteiger charge is -2.34. The molecule has 1 N–H and O–H groups in total. The summed E-state index contributed by atoms with van der Waals surface area (Å²) in [5.41, 5.74) is 2.01. The molecule has 5 heterocycles. The number of ether oxygens (including phenoxy) is 2. The maximum absolute atomic E-state index is 13.4. The predicted molar refractivity (Wildman–Crippen MR) is 105 cm³/mol. The van der Waals surface area contributed by atoms with Gasteiger partial charge in [0.1, 0.15) is 11.3 Å². The summed E-state index contributed by atoms with van der Waals surface area (Å²) in [5, 5.41) is 16.3. The van der Waals surface area contributed by atoms with Crippen molar-refractivity contribution in [3.63, 3.8) is 0 Å². The number of halogens is 3. The number of nitrogens with zero attached hydrogens (tertiary/aromatic N) is 5. The molecule has 170 valence electrons. The highest BCUT2D eigenvalue weighted by Crippen LogP contribution is 2.40. The van der Waals surface area contributed by atoms with Gasteiger partial charge in [0.2, 0.25) is 5.95 Å². The summed E-state index contributed by atoms with van der Waals surface area (Å²) in [4.78, 5) is 1.72. The Bertz CT molecular complexity index is 947. The van der Waals surface area contributed by atoms with Crippen molar-refractivity contribution in [2.45, 2.75) is 58.0 Å².